The van der Waals surface area contributed by atoms with Gasteiger partial charge in [0, 0.05) is 36.8 Å². The lowest BCUT2D eigenvalue weighted by Crippen LogP contribution is -2.48. The average Bonchev–Trinajstić information content (AvgIpc) is 3.24. The summed E-state index contributed by atoms with van der Waals surface area (Å²) in [6, 6.07) is 6.69. The van der Waals surface area contributed by atoms with Crippen LogP contribution in [0.5, 0.6) is 11.5 Å². The summed E-state index contributed by atoms with van der Waals surface area (Å²) in [4.78, 5) is 23.2. The van der Waals surface area contributed by atoms with Crippen LogP contribution in [0.15, 0.2) is 42.9 Å². The Hall–Kier alpha value is -4.12. The molecule has 1 saturated heterocycles. The molecule has 0 radical (unpaired) electrons. The molecule has 186 valence electrons. The Morgan fingerprint density at radius 1 is 1.14 bits per heavy atom. The number of carbonyl (C=O) groups is 1. The lowest BCUT2D eigenvalue weighted by Gasteiger charge is -2.32. The molecule has 1 aliphatic heterocycles. The molecule has 0 bridgehead atoms. The van der Waals surface area contributed by atoms with E-state index in [1.54, 1.807) is 30.3 Å². The molecule has 1 atom stereocenters. The van der Waals surface area contributed by atoms with E-state index in [1.165, 1.54) is 36.3 Å². The van der Waals surface area contributed by atoms with Crippen molar-refractivity contribution in [2.45, 2.75) is 13.0 Å². The molecule has 1 aliphatic rings. The Morgan fingerprint density at radius 2 is 1.92 bits per heavy atom. The number of nitrogens with zero attached hydrogens (tertiary/aromatic N) is 5. The van der Waals surface area contributed by atoms with Crippen molar-refractivity contribution in [1.82, 2.24) is 24.6 Å². The van der Waals surface area contributed by atoms with Crippen LogP contribution < -0.4 is 9.47 Å². The molecule has 9 nitrogen and oxygen atoms in total. The third kappa shape index (κ3) is 4.22. The number of aryl methyl sites for hydroxylation is 1. The van der Waals surface area contributed by atoms with Crippen molar-refractivity contribution in [3.63, 3.8) is 0 Å². The Morgan fingerprint density at radius 3 is 2.64 bits per heavy atom. The normalized spacial score (nSPS) is 15.8. The highest BCUT2D eigenvalue weighted by molar-refractivity contribution is 5.97. The Bertz CT molecular complexity index is 1440. The monoisotopic (exact) mass is 495 g/mol. The van der Waals surface area contributed by atoms with Crippen LogP contribution in [0.4, 0.5) is 13.6 Å². The van der Waals surface area contributed by atoms with Crippen molar-refractivity contribution in [1.29, 1.82) is 0 Å². The highest BCUT2D eigenvalue weighted by Gasteiger charge is 2.27. The highest BCUT2D eigenvalue weighted by Crippen LogP contribution is 2.39. The predicted molar refractivity (Wildman–Crippen MR) is 127 cm³/mol. The fourth-order valence-electron chi connectivity index (χ4n) is 4.24. The second-order valence-electron chi connectivity index (χ2n) is 8.39. The van der Waals surface area contributed by atoms with Crippen LogP contribution >= 0.6 is 0 Å². The minimum atomic E-state index is -0.746. The number of benzene rings is 2. The number of ether oxygens (including phenoxy) is 3. The molecule has 0 spiro atoms. The van der Waals surface area contributed by atoms with Gasteiger partial charge in [0.05, 0.1) is 43.1 Å². The first kappa shape index (κ1) is 23.6. The van der Waals surface area contributed by atoms with Crippen LogP contribution in [-0.4, -0.2) is 63.7 Å². The van der Waals surface area contributed by atoms with E-state index in [0.717, 1.165) is 0 Å². The lowest BCUT2D eigenvalue weighted by atomic mass is 10.0. The molecule has 3 heterocycles. The first-order valence-corrected chi connectivity index (χ1v) is 11.2. The molecule has 0 aliphatic carbocycles. The van der Waals surface area contributed by atoms with Gasteiger partial charge in [-0.3, -0.25) is 4.68 Å². The molecule has 36 heavy (non-hydrogen) atoms. The largest absolute Gasteiger partial charge is 0.493 e. The molecule has 2 aromatic heterocycles. The number of morpholine rings is 1. The van der Waals surface area contributed by atoms with Gasteiger partial charge in [-0.2, -0.15) is 5.10 Å². The van der Waals surface area contributed by atoms with Gasteiger partial charge in [0.15, 0.2) is 11.5 Å². The minimum absolute atomic E-state index is 0.0876. The Labute approximate surface area is 205 Å². The first-order valence-electron chi connectivity index (χ1n) is 11.2. The van der Waals surface area contributed by atoms with E-state index in [1.807, 2.05) is 6.92 Å². The number of rotatable bonds is 4. The van der Waals surface area contributed by atoms with Gasteiger partial charge in [-0.25, -0.2) is 23.5 Å². The third-order valence-corrected chi connectivity index (χ3v) is 6.00. The molecule has 1 fully saturated rings. The van der Waals surface area contributed by atoms with E-state index in [2.05, 4.69) is 15.1 Å². The molecule has 4 aromatic rings. The standard InChI is InChI=1S/C25H23F2N5O4/c1-14-12-35-8-7-32(14)25(33)36-21-9-15-19(10-20(21)34-3)28-13-29-23(15)16-11-31(2)30-24(16)22-17(26)5-4-6-18(22)27/h4-6,9-11,13-14H,7-8,12H2,1-3H3/t14-/m0/s1. The van der Waals surface area contributed by atoms with E-state index in [4.69, 9.17) is 14.2 Å². The summed E-state index contributed by atoms with van der Waals surface area (Å²) in [6.07, 6.45) is 2.42. The topological polar surface area (TPSA) is 91.6 Å². The van der Waals surface area contributed by atoms with E-state index in [-0.39, 0.29) is 23.0 Å². The van der Waals surface area contributed by atoms with E-state index < -0.39 is 17.7 Å². The number of amides is 1. The summed E-state index contributed by atoms with van der Waals surface area (Å²) >= 11 is 0. The molecule has 1 amide bonds. The molecular formula is C25H23F2N5O4. The summed E-state index contributed by atoms with van der Waals surface area (Å²) in [6.45, 7) is 3.11. The number of carbonyl (C=O) groups excluding carboxylic acids is 1. The smallest absolute Gasteiger partial charge is 0.415 e. The van der Waals surface area contributed by atoms with Crippen LogP contribution in [0.25, 0.3) is 33.4 Å². The Balaban J connectivity index is 1.63. The summed E-state index contributed by atoms with van der Waals surface area (Å²) in [7, 11) is 3.10. The predicted octanol–water partition coefficient (Wildman–Crippen LogP) is 4.20. The van der Waals surface area contributed by atoms with Crippen molar-refractivity contribution in [3.8, 4) is 34.0 Å². The molecule has 2 aromatic carbocycles. The number of hydrogen-bond donors (Lipinski definition) is 0. The quantitative estimate of drug-likeness (QED) is 0.419. The van der Waals surface area contributed by atoms with Crippen LogP contribution in [0.2, 0.25) is 0 Å². The molecule has 0 saturated carbocycles. The van der Waals surface area contributed by atoms with E-state index >= 15 is 0 Å². The minimum Gasteiger partial charge on any atom is -0.493 e. The van der Waals surface area contributed by atoms with Gasteiger partial charge >= 0.3 is 6.09 Å². The van der Waals surface area contributed by atoms with Gasteiger partial charge in [-0.1, -0.05) is 6.07 Å². The number of hydrogen-bond acceptors (Lipinski definition) is 7. The zero-order valence-corrected chi connectivity index (χ0v) is 19.9. The molecule has 0 N–H and O–H groups in total. The highest BCUT2D eigenvalue weighted by atomic mass is 19.1. The molecule has 5 rings (SSSR count). The zero-order valence-electron chi connectivity index (χ0n) is 19.9. The summed E-state index contributed by atoms with van der Waals surface area (Å²) < 4.78 is 47.3. The summed E-state index contributed by atoms with van der Waals surface area (Å²) in [5.74, 6) is -1.03. The SMILES string of the molecule is COc1cc2ncnc(-c3cn(C)nc3-c3c(F)cccc3F)c2cc1OC(=O)N1CCOC[C@@H]1C. The molecule has 11 heteroatoms. The summed E-state index contributed by atoms with van der Waals surface area (Å²) in [5, 5.41) is 4.80. The van der Waals surface area contributed by atoms with Crippen LogP contribution in [0, 0.1) is 11.6 Å². The maximum Gasteiger partial charge on any atom is 0.415 e. The van der Waals surface area contributed by atoms with Crippen molar-refractivity contribution in [2.75, 3.05) is 26.9 Å². The number of methoxy groups -OCH3 is 1. The summed E-state index contributed by atoms with van der Waals surface area (Å²) in [5.41, 5.74) is 1.06. The fourth-order valence-corrected chi connectivity index (χ4v) is 4.24. The Kier molecular flexibility index (Phi) is 6.23. The first-order chi connectivity index (χ1) is 17.4. The van der Waals surface area contributed by atoms with Crippen molar-refractivity contribution < 1.29 is 27.8 Å². The third-order valence-electron chi connectivity index (χ3n) is 6.00. The second-order valence-corrected chi connectivity index (χ2v) is 8.39. The fraction of sp³-hybridized carbons (Fsp3) is 0.280. The molecule has 0 unspecified atom stereocenters. The van der Waals surface area contributed by atoms with Gasteiger partial charge in [0.25, 0.3) is 0 Å². The van der Waals surface area contributed by atoms with Gasteiger partial charge in [-0.15, -0.1) is 0 Å². The van der Waals surface area contributed by atoms with Gasteiger partial charge < -0.3 is 19.1 Å². The number of aromatic nitrogens is 4. The molecular weight excluding hydrogens is 472 g/mol. The van der Waals surface area contributed by atoms with Gasteiger partial charge in [-0.05, 0) is 25.1 Å². The lowest BCUT2D eigenvalue weighted by molar-refractivity contribution is 0.00834. The number of fused-ring (bicyclic) bond motifs is 1. The van der Waals surface area contributed by atoms with Crippen molar-refractivity contribution >= 4 is 17.0 Å². The zero-order chi connectivity index (χ0) is 25.4. The van der Waals surface area contributed by atoms with Crippen molar-refractivity contribution in [2.24, 2.45) is 7.05 Å². The average molecular weight is 495 g/mol. The van der Waals surface area contributed by atoms with Crippen LogP contribution in [0.3, 0.4) is 0 Å². The van der Waals surface area contributed by atoms with Crippen LogP contribution in [-0.2, 0) is 11.8 Å². The van der Waals surface area contributed by atoms with E-state index in [9.17, 15) is 13.6 Å². The maximum atomic E-state index is 14.7. The van der Waals surface area contributed by atoms with Crippen LogP contribution in [0.1, 0.15) is 6.92 Å². The number of halogens is 2. The van der Waals surface area contributed by atoms with Gasteiger partial charge in [0.1, 0.15) is 23.7 Å². The van der Waals surface area contributed by atoms with Gasteiger partial charge in [0.2, 0.25) is 0 Å². The van der Waals surface area contributed by atoms with E-state index in [0.29, 0.717) is 47.7 Å². The van der Waals surface area contributed by atoms with Crippen molar-refractivity contribution in [3.05, 3.63) is 54.5 Å². The maximum absolute atomic E-state index is 14.7. The second kappa shape index (κ2) is 9.50.